The number of phenolic OH excluding ortho intramolecular Hbond substituents is 3. The molecular formula is C30H41NO5. The lowest BCUT2D eigenvalue weighted by Gasteiger charge is -2.30. The number of fused-ring (bicyclic) bond motifs is 2. The van der Waals surface area contributed by atoms with Crippen molar-refractivity contribution in [1.82, 2.24) is 0 Å². The second-order valence-electron chi connectivity index (χ2n) is 11.4. The van der Waals surface area contributed by atoms with Gasteiger partial charge in [-0.15, -0.1) is 0 Å². The average molecular weight is 496 g/mol. The van der Waals surface area contributed by atoms with Gasteiger partial charge in [-0.3, -0.25) is 4.79 Å². The maximum Gasteiger partial charge on any atom is 0.258 e. The van der Waals surface area contributed by atoms with Crippen LogP contribution in [0, 0.1) is 11.8 Å². The van der Waals surface area contributed by atoms with Crippen molar-refractivity contribution in [2.75, 3.05) is 11.4 Å². The van der Waals surface area contributed by atoms with Gasteiger partial charge in [-0.25, -0.2) is 0 Å². The predicted molar refractivity (Wildman–Crippen MR) is 142 cm³/mol. The number of rotatable bonds is 10. The smallest absolute Gasteiger partial charge is 0.258 e. The molecule has 6 nitrogen and oxygen atoms in total. The zero-order chi connectivity index (χ0) is 26.0. The standard InChI is InChI=1S/C30H41NO5/c1-19(2)7-6-15-30(4)28(36-30)13-10-20(3)14-16-31-25-17-21(32)18-27(34)24(25)12-11-22-23(29(31)35)8-5-9-26(22)33/h5,8-9,17-20,28,32-34H,6-7,10-16H2,1-4H3. The number of aromatic hydroxyl groups is 3. The molecule has 6 heteroatoms. The summed E-state index contributed by atoms with van der Waals surface area (Å²) >= 11 is 0. The molecule has 1 fully saturated rings. The van der Waals surface area contributed by atoms with Crippen LogP contribution in [0.15, 0.2) is 30.3 Å². The van der Waals surface area contributed by atoms with E-state index in [1.165, 1.54) is 18.9 Å². The highest BCUT2D eigenvalue weighted by molar-refractivity contribution is 6.08. The number of nitrogens with zero attached hydrogens (tertiary/aromatic N) is 1. The Labute approximate surface area is 214 Å². The number of carbonyl (C=O) groups excluding carboxylic acids is 1. The van der Waals surface area contributed by atoms with Gasteiger partial charge >= 0.3 is 0 Å². The Hall–Kier alpha value is -2.73. The van der Waals surface area contributed by atoms with E-state index in [-0.39, 0.29) is 28.8 Å². The molecule has 0 spiro atoms. The van der Waals surface area contributed by atoms with Crippen molar-refractivity contribution in [3.05, 3.63) is 47.0 Å². The summed E-state index contributed by atoms with van der Waals surface area (Å²) in [5, 5.41) is 31.2. The third kappa shape index (κ3) is 5.80. The Morgan fingerprint density at radius 1 is 1.03 bits per heavy atom. The van der Waals surface area contributed by atoms with Crippen LogP contribution < -0.4 is 4.90 Å². The molecule has 0 aromatic heterocycles. The first kappa shape index (κ1) is 26.3. The molecule has 2 aromatic rings. The van der Waals surface area contributed by atoms with E-state index in [0.717, 1.165) is 31.6 Å². The monoisotopic (exact) mass is 495 g/mol. The highest BCUT2D eigenvalue weighted by Gasteiger charge is 2.50. The van der Waals surface area contributed by atoms with Crippen LogP contribution in [0.2, 0.25) is 0 Å². The Morgan fingerprint density at radius 2 is 1.78 bits per heavy atom. The van der Waals surface area contributed by atoms with E-state index >= 15 is 0 Å². The molecule has 0 radical (unpaired) electrons. The predicted octanol–water partition coefficient (Wildman–Crippen LogP) is 6.34. The normalized spacial score (nSPS) is 22.1. The summed E-state index contributed by atoms with van der Waals surface area (Å²) in [6.07, 6.45) is 7.58. The van der Waals surface area contributed by atoms with E-state index in [9.17, 15) is 20.1 Å². The number of ether oxygens (including phenoxy) is 1. The summed E-state index contributed by atoms with van der Waals surface area (Å²) in [4.78, 5) is 15.3. The number of anilines is 1. The van der Waals surface area contributed by atoms with E-state index in [2.05, 4.69) is 27.7 Å². The quantitative estimate of drug-likeness (QED) is 0.335. The summed E-state index contributed by atoms with van der Waals surface area (Å²) in [6.45, 7) is 9.41. The van der Waals surface area contributed by atoms with E-state index < -0.39 is 0 Å². The first-order valence-electron chi connectivity index (χ1n) is 13.4. The first-order valence-corrected chi connectivity index (χ1v) is 13.4. The molecule has 2 heterocycles. The van der Waals surface area contributed by atoms with Crippen LogP contribution in [-0.4, -0.2) is 39.5 Å². The molecule has 196 valence electrons. The largest absolute Gasteiger partial charge is 0.508 e. The molecule has 4 rings (SSSR count). The fourth-order valence-corrected chi connectivity index (χ4v) is 5.55. The van der Waals surface area contributed by atoms with Gasteiger partial charge in [-0.2, -0.15) is 0 Å². The molecule has 1 amide bonds. The van der Waals surface area contributed by atoms with Gasteiger partial charge in [-0.1, -0.05) is 39.7 Å². The Morgan fingerprint density at radius 3 is 2.53 bits per heavy atom. The van der Waals surface area contributed by atoms with Gasteiger partial charge in [-0.05, 0) is 69.4 Å². The first-order chi connectivity index (χ1) is 17.1. The Bertz CT molecular complexity index is 1100. The summed E-state index contributed by atoms with van der Waals surface area (Å²) in [5.74, 6) is 0.875. The van der Waals surface area contributed by atoms with Crippen molar-refractivity contribution >= 4 is 11.6 Å². The summed E-state index contributed by atoms with van der Waals surface area (Å²) in [7, 11) is 0. The SMILES string of the molecule is CC(C)CCCC1(C)OC1CCC(C)CCN1C(=O)c2cccc(O)c2CCc2c(O)cc(O)cc21. The molecule has 36 heavy (non-hydrogen) atoms. The third-order valence-electron chi connectivity index (χ3n) is 7.99. The summed E-state index contributed by atoms with van der Waals surface area (Å²) in [5.41, 5.74) is 2.25. The van der Waals surface area contributed by atoms with Gasteiger partial charge in [0.15, 0.2) is 0 Å². The number of benzene rings is 2. The average Bonchev–Trinajstić information content (AvgIpc) is 3.45. The van der Waals surface area contributed by atoms with E-state index in [1.807, 2.05) is 0 Å². The van der Waals surface area contributed by atoms with Crippen molar-refractivity contribution in [3.63, 3.8) is 0 Å². The number of hydrogen-bond donors (Lipinski definition) is 3. The molecule has 3 unspecified atom stereocenters. The van der Waals surface area contributed by atoms with E-state index in [4.69, 9.17) is 4.74 Å². The molecule has 3 atom stereocenters. The van der Waals surface area contributed by atoms with Crippen molar-refractivity contribution in [2.45, 2.75) is 90.8 Å². The number of amides is 1. The number of phenols is 3. The van der Waals surface area contributed by atoms with Crippen LogP contribution in [0.5, 0.6) is 17.2 Å². The van der Waals surface area contributed by atoms with E-state index in [0.29, 0.717) is 53.8 Å². The second-order valence-corrected chi connectivity index (χ2v) is 11.4. The molecule has 2 aliphatic rings. The number of hydrogen-bond acceptors (Lipinski definition) is 5. The minimum Gasteiger partial charge on any atom is -0.508 e. The van der Waals surface area contributed by atoms with Crippen LogP contribution >= 0.6 is 0 Å². The molecule has 0 bridgehead atoms. The molecule has 3 N–H and O–H groups in total. The van der Waals surface area contributed by atoms with Gasteiger partial charge in [0.1, 0.15) is 17.2 Å². The van der Waals surface area contributed by atoms with Gasteiger partial charge in [0.05, 0.1) is 17.4 Å². The second kappa shape index (κ2) is 10.7. The number of carbonyl (C=O) groups is 1. The van der Waals surface area contributed by atoms with Gasteiger partial charge in [0.25, 0.3) is 5.91 Å². The summed E-state index contributed by atoms with van der Waals surface area (Å²) < 4.78 is 6.06. The molecule has 2 aromatic carbocycles. The molecule has 2 aliphatic heterocycles. The van der Waals surface area contributed by atoms with Crippen molar-refractivity contribution in [3.8, 4) is 17.2 Å². The zero-order valence-corrected chi connectivity index (χ0v) is 22.1. The summed E-state index contributed by atoms with van der Waals surface area (Å²) in [6, 6.07) is 7.89. The van der Waals surface area contributed by atoms with Gasteiger partial charge in [0.2, 0.25) is 0 Å². The van der Waals surface area contributed by atoms with Crippen LogP contribution in [0.3, 0.4) is 0 Å². The lowest BCUT2D eigenvalue weighted by molar-refractivity contribution is 0.0983. The van der Waals surface area contributed by atoms with Gasteiger partial charge < -0.3 is 25.0 Å². The lowest BCUT2D eigenvalue weighted by Crippen LogP contribution is -2.35. The van der Waals surface area contributed by atoms with Crippen molar-refractivity contribution < 1.29 is 24.9 Å². The van der Waals surface area contributed by atoms with Crippen molar-refractivity contribution in [2.24, 2.45) is 11.8 Å². The zero-order valence-electron chi connectivity index (χ0n) is 22.1. The van der Waals surface area contributed by atoms with Crippen LogP contribution in [0.4, 0.5) is 5.69 Å². The highest BCUT2D eigenvalue weighted by atomic mass is 16.6. The number of epoxide rings is 1. The van der Waals surface area contributed by atoms with Crippen LogP contribution in [0.25, 0.3) is 0 Å². The fourth-order valence-electron chi connectivity index (χ4n) is 5.55. The molecule has 0 aliphatic carbocycles. The van der Waals surface area contributed by atoms with Crippen molar-refractivity contribution in [1.29, 1.82) is 0 Å². The minimum absolute atomic E-state index is 0.0211. The lowest BCUT2D eigenvalue weighted by atomic mass is 9.91. The van der Waals surface area contributed by atoms with Gasteiger partial charge in [0, 0.05) is 35.4 Å². The maximum atomic E-state index is 13.7. The molecule has 1 saturated heterocycles. The van der Waals surface area contributed by atoms with Crippen LogP contribution in [0.1, 0.15) is 87.7 Å². The van der Waals surface area contributed by atoms with E-state index in [1.54, 1.807) is 29.2 Å². The Balaban J connectivity index is 1.43. The maximum absolute atomic E-state index is 13.7. The van der Waals surface area contributed by atoms with Crippen LogP contribution in [-0.2, 0) is 17.6 Å². The molecular weight excluding hydrogens is 454 g/mol. The highest BCUT2D eigenvalue weighted by Crippen LogP contribution is 2.44. The minimum atomic E-state index is -0.220. The topological polar surface area (TPSA) is 93.5 Å². The third-order valence-corrected chi connectivity index (χ3v) is 7.99. The fraction of sp³-hybridized carbons (Fsp3) is 0.567. The molecule has 0 saturated carbocycles. The Kier molecular flexibility index (Phi) is 7.84.